The molecule has 6 nitrogen and oxygen atoms in total. The van der Waals surface area contributed by atoms with Crippen LogP contribution in [0.25, 0.3) is 0 Å². The Balaban J connectivity index is 2.19. The molecular weight excluding hydrogens is 320 g/mol. The maximum absolute atomic E-state index is 12.6. The molecule has 1 heterocycles. The van der Waals surface area contributed by atoms with Crippen molar-refractivity contribution in [1.82, 2.24) is 4.57 Å². The molecule has 0 aliphatic rings. The molecule has 1 atom stereocenters. The van der Waals surface area contributed by atoms with Crippen molar-refractivity contribution in [2.24, 2.45) is 0 Å². The molecule has 2 rings (SSSR count). The number of nitrogens with zero attached hydrogens (tertiary/aromatic N) is 1. The van der Waals surface area contributed by atoms with Gasteiger partial charge in [0.2, 0.25) is 5.91 Å². The lowest BCUT2D eigenvalue weighted by Crippen LogP contribution is -2.32. The largest absolute Gasteiger partial charge is 0.492 e. The van der Waals surface area contributed by atoms with Gasteiger partial charge in [-0.25, -0.2) is 0 Å². The maximum Gasteiger partial charge on any atom is 0.293 e. The van der Waals surface area contributed by atoms with E-state index in [1.807, 2.05) is 26.0 Å². The van der Waals surface area contributed by atoms with Crippen molar-refractivity contribution in [2.75, 3.05) is 18.5 Å². The van der Waals surface area contributed by atoms with E-state index in [9.17, 15) is 9.59 Å². The Bertz CT molecular complexity index is 770. The summed E-state index contributed by atoms with van der Waals surface area (Å²) in [6, 6.07) is 9.83. The first-order chi connectivity index (χ1) is 12.1. The molecule has 0 aliphatic carbocycles. The van der Waals surface area contributed by atoms with Crippen molar-refractivity contribution < 1.29 is 14.3 Å². The summed E-state index contributed by atoms with van der Waals surface area (Å²) in [5.74, 6) is 0.540. The second-order valence-corrected chi connectivity index (χ2v) is 5.53. The monoisotopic (exact) mass is 344 g/mol. The summed E-state index contributed by atoms with van der Waals surface area (Å²) in [7, 11) is 0. The fraction of sp³-hybridized carbons (Fsp3) is 0.368. The standard InChI is InChI=1S/C19H24N2O4/c1-4-13-25-17-11-8-12-21(19(17)23)14(3)18(22)20-15-9-6-7-10-16(15)24-5-2/h6-12,14H,4-5,13H2,1-3H3,(H,20,22). The molecule has 1 unspecified atom stereocenters. The van der Waals surface area contributed by atoms with Crippen molar-refractivity contribution in [3.63, 3.8) is 0 Å². The van der Waals surface area contributed by atoms with Gasteiger partial charge in [-0.15, -0.1) is 0 Å². The van der Waals surface area contributed by atoms with Crippen molar-refractivity contribution in [3.05, 3.63) is 52.9 Å². The highest BCUT2D eigenvalue weighted by molar-refractivity contribution is 5.94. The number of rotatable bonds is 8. The molecule has 0 fully saturated rings. The lowest BCUT2D eigenvalue weighted by Gasteiger charge is -2.17. The van der Waals surface area contributed by atoms with Crippen LogP contribution < -0.4 is 20.3 Å². The number of para-hydroxylation sites is 2. The zero-order valence-corrected chi connectivity index (χ0v) is 14.8. The molecule has 2 aromatic rings. The Kier molecular flexibility index (Phi) is 6.62. The third-order valence-electron chi connectivity index (χ3n) is 3.64. The zero-order valence-electron chi connectivity index (χ0n) is 14.8. The van der Waals surface area contributed by atoms with E-state index in [1.54, 1.807) is 37.4 Å². The van der Waals surface area contributed by atoms with E-state index in [0.717, 1.165) is 6.42 Å². The molecule has 0 aliphatic heterocycles. The molecule has 0 saturated heterocycles. The van der Waals surface area contributed by atoms with Gasteiger partial charge in [0.15, 0.2) is 5.75 Å². The van der Waals surface area contributed by atoms with Crippen molar-refractivity contribution in [1.29, 1.82) is 0 Å². The van der Waals surface area contributed by atoms with Crippen LogP contribution in [0.1, 0.15) is 33.2 Å². The van der Waals surface area contributed by atoms with Crippen LogP contribution in [-0.2, 0) is 4.79 Å². The Morgan fingerprint density at radius 2 is 1.84 bits per heavy atom. The molecule has 6 heteroatoms. The highest BCUT2D eigenvalue weighted by Gasteiger charge is 2.19. The predicted molar refractivity (Wildman–Crippen MR) is 97.4 cm³/mol. The molecule has 0 saturated carbocycles. The van der Waals surface area contributed by atoms with E-state index >= 15 is 0 Å². The highest BCUT2D eigenvalue weighted by atomic mass is 16.5. The molecule has 1 amide bonds. The average Bonchev–Trinajstić information content (AvgIpc) is 2.62. The number of hydrogen-bond donors (Lipinski definition) is 1. The SMILES string of the molecule is CCCOc1cccn(C(C)C(=O)Nc2ccccc2OCC)c1=O. The lowest BCUT2D eigenvalue weighted by molar-refractivity contribution is -0.118. The van der Waals surface area contributed by atoms with E-state index in [2.05, 4.69) is 5.32 Å². The summed E-state index contributed by atoms with van der Waals surface area (Å²) in [6.07, 6.45) is 2.39. The van der Waals surface area contributed by atoms with Crippen LogP contribution in [0.3, 0.4) is 0 Å². The van der Waals surface area contributed by atoms with E-state index < -0.39 is 6.04 Å². The molecule has 1 aromatic carbocycles. The topological polar surface area (TPSA) is 69.6 Å². The van der Waals surface area contributed by atoms with E-state index in [0.29, 0.717) is 24.7 Å². The van der Waals surface area contributed by atoms with Crippen molar-refractivity contribution in [2.45, 2.75) is 33.2 Å². The first-order valence-corrected chi connectivity index (χ1v) is 8.45. The normalized spacial score (nSPS) is 11.6. The molecule has 25 heavy (non-hydrogen) atoms. The maximum atomic E-state index is 12.6. The molecule has 134 valence electrons. The van der Waals surface area contributed by atoms with Crippen LogP contribution in [0.5, 0.6) is 11.5 Å². The minimum atomic E-state index is -0.688. The van der Waals surface area contributed by atoms with Crippen LogP contribution in [0.2, 0.25) is 0 Å². The molecular formula is C19H24N2O4. The summed E-state index contributed by atoms with van der Waals surface area (Å²) < 4.78 is 12.3. The molecule has 1 N–H and O–H groups in total. The highest BCUT2D eigenvalue weighted by Crippen LogP contribution is 2.24. The summed E-state index contributed by atoms with van der Waals surface area (Å²) >= 11 is 0. The number of carbonyl (C=O) groups is 1. The van der Waals surface area contributed by atoms with Gasteiger partial charge in [-0.2, -0.15) is 0 Å². The predicted octanol–water partition coefficient (Wildman–Crippen LogP) is 3.24. The minimum absolute atomic E-state index is 0.249. The first kappa shape index (κ1) is 18.6. The zero-order chi connectivity index (χ0) is 18.2. The van der Waals surface area contributed by atoms with E-state index in [4.69, 9.17) is 9.47 Å². The summed E-state index contributed by atoms with van der Waals surface area (Å²) in [6.45, 7) is 6.47. The van der Waals surface area contributed by atoms with E-state index in [-0.39, 0.29) is 17.2 Å². The fourth-order valence-corrected chi connectivity index (χ4v) is 2.33. The van der Waals surface area contributed by atoms with Crippen molar-refractivity contribution in [3.8, 4) is 11.5 Å². The van der Waals surface area contributed by atoms with Crippen LogP contribution in [0.15, 0.2) is 47.4 Å². The second-order valence-electron chi connectivity index (χ2n) is 5.53. The Morgan fingerprint density at radius 3 is 2.56 bits per heavy atom. The minimum Gasteiger partial charge on any atom is -0.492 e. The number of pyridine rings is 1. The quantitative estimate of drug-likeness (QED) is 0.798. The van der Waals surface area contributed by atoms with Gasteiger partial charge < -0.3 is 19.4 Å². The molecule has 1 aromatic heterocycles. The molecule has 0 bridgehead atoms. The fourth-order valence-electron chi connectivity index (χ4n) is 2.33. The first-order valence-electron chi connectivity index (χ1n) is 8.45. The number of amides is 1. The van der Waals surface area contributed by atoms with Gasteiger partial charge in [0.05, 0.1) is 18.9 Å². The number of anilines is 1. The van der Waals surface area contributed by atoms with Gasteiger partial charge >= 0.3 is 0 Å². The summed E-state index contributed by atoms with van der Waals surface area (Å²) in [4.78, 5) is 25.1. The Morgan fingerprint density at radius 1 is 1.12 bits per heavy atom. The van der Waals surface area contributed by atoms with Crippen molar-refractivity contribution >= 4 is 11.6 Å². The van der Waals surface area contributed by atoms with Crippen LogP contribution in [0, 0.1) is 0 Å². The number of carbonyl (C=O) groups excluding carboxylic acids is 1. The average molecular weight is 344 g/mol. The van der Waals surface area contributed by atoms with Crippen LogP contribution >= 0.6 is 0 Å². The van der Waals surface area contributed by atoms with Gasteiger partial charge in [-0.05, 0) is 44.5 Å². The Labute approximate surface area is 147 Å². The summed E-state index contributed by atoms with van der Waals surface area (Å²) in [5, 5.41) is 2.82. The van der Waals surface area contributed by atoms with Gasteiger partial charge in [0.1, 0.15) is 11.8 Å². The van der Waals surface area contributed by atoms with Gasteiger partial charge in [0, 0.05) is 6.20 Å². The van der Waals surface area contributed by atoms with Gasteiger partial charge in [0.25, 0.3) is 5.56 Å². The number of hydrogen-bond acceptors (Lipinski definition) is 4. The number of ether oxygens (including phenoxy) is 2. The number of benzene rings is 1. The van der Waals surface area contributed by atoms with Crippen LogP contribution in [-0.4, -0.2) is 23.7 Å². The van der Waals surface area contributed by atoms with Gasteiger partial charge in [-0.3, -0.25) is 9.59 Å². The van der Waals surface area contributed by atoms with Crippen LogP contribution in [0.4, 0.5) is 5.69 Å². The third kappa shape index (κ3) is 4.62. The lowest BCUT2D eigenvalue weighted by atomic mass is 10.2. The number of nitrogens with one attached hydrogen (secondary N) is 1. The third-order valence-corrected chi connectivity index (χ3v) is 3.64. The second kappa shape index (κ2) is 8.92. The summed E-state index contributed by atoms with van der Waals surface area (Å²) in [5.41, 5.74) is 0.254. The van der Waals surface area contributed by atoms with Gasteiger partial charge in [-0.1, -0.05) is 19.1 Å². The molecule has 0 spiro atoms. The van der Waals surface area contributed by atoms with E-state index in [1.165, 1.54) is 4.57 Å². The smallest absolute Gasteiger partial charge is 0.293 e. The number of aromatic nitrogens is 1. The Hall–Kier alpha value is -2.76. The molecule has 0 radical (unpaired) electrons.